The second-order valence-corrected chi connectivity index (χ2v) is 9.43. The van der Waals surface area contributed by atoms with Crippen LogP contribution >= 0.6 is 23.2 Å². The van der Waals surface area contributed by atoms with Crippen LogP contribution < -0.4 is 4.90 Å². The maximum absolute atomic E-state index is 14.1. The fraction of sp³-hybridized carbons (Fsp3) is 0.179. The molecule has 0 N–H and O–H groups in total. The summed E-state index contributed by atoms with van der Waals surface area (Å²) in [5.74, 6) is -0.368. The van der Waals surface area contributed by atoms with Gasteiger partial charge in [-0.05, 0) is 61.0 Å². The summed E-state index contributed by atoms with van der Waals surface area (Å²) in [5, 5.41) is 1.34. The van der Waals surface area contributed by atoms with Crippen LogP contribution in [0.1, 0.15) is 16.1 Å². The zero-order chi connectivity index (χ0) is 24.5. The molecule has 4 nitrogen and oxygen atoms in total. The van der Waals surface area contributed by atoms with E-state index in [1.165, 1.54) is 12.1 Å². The number of hydrogen-bond donors (Lipinski definition) is 0. The summed E-state index contributed by atoms with van der Waals surface area (Å²) in [5.41, 5.74) is 4.71. The first-order chi connectivity index (χ1) is 16.9. The number of rotatable bonds is 4. The number of nitrogens with zero attached hydrogens (tertiary/aromatic N) is 3. The molecular formula is C28H24Cl2FN3O. The van der Waals surface area contributed by atoms with Gasteiger partial charge in [0.2, 0.25) is 0 Å². The highest BCUT2D eigenvalue weighted by Gasteiger charge is 2.27. The van der Waals surface area contributed by atoms with Crippen molar-refractivity contribution in [3.05, 3.63) is 106 Å². The highest BCUT2D eigenvalue weighted by atomic mass is 35.5. The first-order valence-electron chi connectivity index (χ1n) is 11.5. The van der Waals surface area contributed by atoms with E-state index < -0.39 is 0 Å². The predicted molar refractivity (Wildman–Crippen MR) is 140 cm³/mol. The number of hydrogen-bond acceptors (Lipinski definition) is 2. The molecule has 2 heterocycles. The molecule has 0 radical (unpaired) electrons. The van der Waals surface area contributed by atoms with Gasteiger partial charge in [0.15, 0.2) is 0 Å². The van der Waals surface area contributed by atoms with Crippen LogP contribution in [0.5, 0.6) is 0 Å². The Bertz CT molecular complexity index is 1380. The third kappa shape index (κ3) is 4.66. The summed E-state index contributed by atoms with van der Waals surface area (Å²) in [6.07, 6.45) is 0. The fourth-order valence-corrected chi connectivity index (χ4v) is 5.01. The molecule has 0 unspecified atom stereocenters. The van der Waals surface area contributed by atoms with Crippen LogP contribution in [0.2, 0.25) is 10.0 Å². The molecule has 178 valence electrons. The van der Waals surface area contributed by atoms with Gasteiger partial charge in [-0.3, -0.25) is 4.79 Å². The second-order valence-electron chi connectivity index (χ2n) is 8.58. The van der Waals surface area contributed by atoms with Gasteiger partial charge in [-0.25, -0.2) is 4.39 Å². The quantitative estimate of drug-likeness (QED) is 0.301. The number of halogens is 3. The number of aromatic nitrogens is 1. The number of piperazine rings is 1. The van der Waals surface area contributed by atoms with Gasteiger partial charge in [-0.15, -0.1) is 0 Å². The smallest absolute Gasteiger partial charge is 0.255 e. The minimum atomic E-state index is -0.332. The summed E-state index contributed by atoms with van der Waals surface area (Å²) in [6, 6.07) is 23.5. The van der Waals surface area contributed by atoms with Crippen molar-refractivity contribution < 1.29 is 9.18 Å². The summed E-state index contributed by atoms with van der Waals surface area (Å²) >= 11 is 12.5. The molecule has 0 saturated carbocycles. The van der Waals surface area contributed by atoms with Crippen LogP contribution in [0.15, 0.2) is 78.9 Å². The zero-order valence-electron chi connectivity index (χ0n) is 19.2. The molecule has 1 amide bonds. The molecule has 1 fully saturated rings. The average Bonchev–Trinajstić information content (AvgIpc) is 3.21. The lowest BCUT2D eigenvalue weighted by Gasteiger charge is -2.36. The van der Waals surface area contributed by atoms with Crippen molar-refractivity contribution in [1.29, 1.82) is 0 Å². The van der Waals surface area contributed by atoms with Gasteiger partial charge in [-0.2, -0.15) is 0 Å². The summed E-state index contributed by atoms with van der Waals surface area (Å²) in [6.45, 7) is 4.47. The van der Waals surface area contributed by atoms with Crippen molar-refractivity contribution in [2.75, 3.05) is 31.1 Å². The van der Waals surface area contributed by atoms with E-state index >= 15 is 0 Å². The van der Waals surface area contributed by atoms with E-state index in [-0.39, 0.29) is 11.7 Å². The van der Waals surface area contributed by atoms with Crippen molar-refractivity contribution in [3.8, 4) is 16.9 Å². The average molecular weight is 508 g/mol. The van der Waals surface area contributed by atoms with Gasteiger partial charge in [0.25, 0.3) is 5.91 Å². The Labute approximate surface area is 214 Å². The predicted octanol–water partition coefficient (Wildman–Crippen LogP) is 6.86. The molecular weight excluding hydrogens is 484 g/mol. The van der Waals surface area contributed by atoms with E-state index in [1.54, 1.807) is 6.07 Å². The van der Waals surface area contributed by atoms with Gasteiger partial charge >= 0.3 is 0 Å². The molecule has 1 saturated heterocycles. The van der Waals surface area contributed by atoms with E-state index in [1.807, 2.05) is 77.1 Å². The van der Waals surface area contributed by atoms with Crippen LogP contribution in [0.3, 0.4) is 0 Å². The molecule has 0 bridgehead atoms. The molecule has 3 aromatic carbocycles. The van der Waals surface area contributed by atoms with Crippen molar-refractivity contribution in [2.24, 2.45) is 0 Å². The number of amides is 1. The summed E-state index contributed by atoms with van der Waals surface area (Å²) in [7, 11) is 0. The minimum Gasteiger partial charge on any atom is -0.367 e. The largest absolute Gasteiger partial charge is 0.367 e. The first kappa shape index (κ1) is 23.5. The van der Waals surface area contributed by atoms with Gasteiger partial charge in [0, 0.05) is 42.6 Å². The highest BCUT2D eigenvalue weighted by Crippen LogP contribution is 2.32. The van der Waals surface area contributed by atoms with Crippen LogP contribution in [0.25, 0.3) is 16.9 Å². The van der Waals surface area contributed by atoms with Gasteiger partial charge in [0.1, 0.15) is 5.82 Å². The molecule has 7 heteroatoms. The minimum absolute atomic E-state index is 0.0355. The number of carbonyl (C=O) groups is 1. The SMILES string of the molecule is Cc1c(C(=O)N2CCN(c3ccccc3Cl)CC2)cc(-c2ccc(Cl)cc2)n1-c1cccc(F)c1. The lowest BCUT2D eigenvalue weighted by molar-refractivity contribution is 0.0746. The molecule has 0 spiro atoms. The number of anilines is 1. The van der Waals surface area contributed by atoms with Crippen LogP contribution in [-0.2, 0) is 0 Å². The Morgan fingerprint density at radius 3 is 2.26 bits per heavy atom. The van der Waals surface area contributed by atoms with Crippen LogP contribution in [0, 0.1) is 12.7 Å². The van der Waals surface area contributed by atoms with Crippen LogP contribution in [-0.4, -0.2) is 41.6 Å². The molecule has 4 aromatic rings. The Hall–Kier alpha value is -3.28. The lowest BCUT2D eigenvalue weighted by atomic mass is 10.1. The van der Waals surface area contributed by atoms with E-state index in [9.17, 15) is 9.18 Å². The standard InChI is InChI=1S/C28H24Cl2FN3O/c1-19-24(28(35)33-15-13-32(14-16-33)26-8-3-2-7-25(26)30)18-27(20-9-11-21(29)12-10-20)34(19)23-6-4-5-22(31)17-23/h2-12,17-18H,13-16H2,1H3. The molecule has 1 aliphatic heterocycles. The Balaban J connectivity index is 1.47. The third-order valence-electron chi connectivity index (χ3n) is 6.44. The van der Waals surface area contributed by atoms with Crippen molar-refractivity contribution in [3.63, 3.8) is 0 Å². The van der Waals surface area contributed by atoms with E-state index in [0.29, 0.717) is 47.5 Å². The molecule has 1 aliphatic rings. The van der Waals surface area contributed by atoms with Gasteiger partial charge in [0.05, 0.1) is 22.0 Å². The maximum atomic E-state index is 14.1. The number of benzene rings is 3. The first-order valence-corrected chi connectivity index (χ1v) is 12.2. The van der Waals surface area contributed by atoms with E-state index in [0.717, 1.165) is 22.6 Å². The molecule has 1 aromatic heterocycles. The Morgan fingerprint density at radius 2 is 1.57 bits per heavy atom. The van der Waals surface area contributed by atoms with Crippen molar-refractivity contribution in [2.45, 2.75) is 6.92 Å². The van der Waals surface area contributed by atoms with Crippen molar-refractivity contribution in [1.82, 2.24) is 9.47 Å². The zero-order valence-corrected chi connectivity index (χ0v) is 20.7. The molecule has 35 heavy (non-hydrogen) atoms. The molecule has 0 aliphatic carbocycles. The third-order valence-corrected chi connectivity index (χ3v) is 7.02. The molecule has 5 rings (SSSR count). The summed E-state index contributed by atoms with van der Waals surface area (Å²) < 4.78 is 16.0. The number of para-hydroxylation sites is 1. The monoisotopic (exact) mass is 507 g/mol. The van der Waals surface area contributed by atoms with Crippen LogP contribution in [0.4, 0.5) is 10.1 Å². The molecule has 0 atom stereocenters. The number of carbonyl (C=O) groups excluding carboxylic acids is 1. The Kier molecular flexibility index (Phi) is 6.54. The normalized spacial score (nSPS) is 13.8. The van der Waals surface area contributed by atoms with Crippen molar-refractivity contribution >= 4 is 34.8 Å². The van der Waals surface area contributed by atoms with E-state index in [2.05, 4.69) is 4.90 Å². The summed E-state index contributed by atoms with van der Waals surface area (Å²) in [4.78, 5) is 17.7. The topological polar surface area (TPSA) is 28.5 Å². The van der Waals surface area contributed by atoms with Gasteiger partial charge in [-0.1, -0.05) is 53.5 Å². The maximum Gasteiger partial charge on any atom is 0.255 e. The fourth-order valence-electron chi connectivity index (χ4n) is 4.63. The Morgan fingerprint density at radius 1 is 0.857 bits per heavy atom. The highest BCUT2D eigenvalue weighted by molar-refractivity contribution is 6.33. The van der Waals surface area contributed by atoms with E-state index in [4.69, 9.17) is 23.2 Å². The second kappa shape index (κ2) is 9.76. The van der Waals surface area contributed by atoms with Gasteiger partial charge < -0.3 is 14.4 Å². The lowest BCUT2D eigenvalue weighted by Crippen LogP contribution is -2.49.